The van der Waals surface area contributed by atoms with Crippen LogP contribution in [0, 0.1) is 11.8 Å². The van der Waals surface area contributed by atoms with Gasteiger partial charge < -0.3 is 9.84 Å². The number of amides is 1. The SMILES string of the molecule is CCOC(=O)NS(=O)(=O)Nc1ncc(C#CCO)s1. The predicted octanol–water partition coefficient (Wildman–Crippen LogP) is -0.110. The van der Waals surface area contributed by atoms with Gasteiger partial charge in [-0.3, -0.25) is 0 Å². The molecule has 0 unspecified atom stereocenters. The summed E-state index contributed by atoms with van der Waals surface area (Å²) in [5, 5.41) is 8.55. The van der Waals surface area contributed by atoms with Crippen LogP contribution in [0.4, 0.5) is 9.93 Å². The fourth-order valence-electron chi connectivity index (χ4n) is 0.916. The van der Waals surface area contributed by atoms with E-state index in [1.54, 1.807) is 11.6 Å². The summed E-state index contributed by atoms with van der Waals surface area (Å²) in [6.07, 6.45) is 0.266. The van der Waals surface area contributed by atoms with Crippen molar-refractivity contribution in [1.29, 1.82) is 0 Å². The van der Waals surface area contributed by atoms with Gasteiger partial charge in [-0.2, -0.15) is 8.42 Å². The second-order valence-corrected chi connectivity index (χ2v) is 5.36. The molecule has 0 saturated heterocycles. The molecule has 1 aromatic heterocycles. The van der Waals surface area contributed by atoms with Crippen molar-refractivity contribution < 1.29 is 23.1 Å². The maximum absolute atomic E-state index is 11.5. The molecule has 0 aromatic carbocycles. The monoisotopic (exact) mass is 305 g/mol. The van der Waals surface area contributed by atoms with E-state index in [2.05, 4.69) is 21.6 Å². The Bertz CT molecular complexity index is 599. The van der Waals surface area contributed by atoms with Crippen molar-refractivity contribution in [1.82, 2.24) is 9.71 Å². The van der Waals surface area contributed by atoms with Gasteiger partial charge in [0.1, 0.15) is 6.61 Å². The quantitative estimate of drug-likeness (QED) is 0.668. The van der Waals surface area contributed by atoms with Gasteiger partial charge in [0.15, 0.2) is 5.13 Å². The minimum absolute atomic E-state index is 0.0408. The zero-order chi connectivity index (χ0) is 14.3. The third kappa shape index (κ3) is 5.56. The molecule has 104 valence electrons. The van der Waals surface area contributed by atoms with Crippen LogP contribution in [0.15, 0.2) is 6.20 Å². The van der Waals surface area contributed by atoms with Crippen molar-refractivity contribution in [3.8, 4) is 11.8 Å². The summed E-state index contributed by atoms with van der Waals surface area (Å²) in [5.41, 5.74) is 0. The van der Waals surface area contributed by atoms with E-state index in [1.807, 2.05) is 4.72 Å². The molecule has 1 aromatic rings. The number of aliphatic hydroxyl groups excluding tert-OH is 1. The smallest absolute Gasteiger partial charge is 0.422 e. The van der Waals surface area contributed by atoms with E-state index in [0.717, 1.165) is 11.3 Å². The van der Waals surface area contributed by atoms with Gasteiger partial charge in [0, 0.05) is 0 Å². The fraction of sp³-hybridized carbons (Fsp3) is 0.333. The van der Waals surface area contributed by atoms with Crippen molar-refractivity contribution in [2.24, 2.45) is 0 Å². The summed E-state index contributed by atoms with van der Waals surface area (Å²) in [6.45, 7) is 1.30. The summed E-state index contributed by atoms with van der Waals surface area (Å²) in [4.78, 5) is 15.2. The lowest BCUT2D eigenvalue weighted by Gasteiger charge is -2.06. The molecule has 0 radical (unpaired) electrons. The highest BCUT2D eigenvalue weighted by atomic mass is 32.2. The number of carbonyl (C=O) groups excluding carboxylic acids is 1. The van der Waals surface area contributed by atoms with Crippen LogP contribution in [-0.4, -0.2) is 37.8 Å². The van der Waals surface area contributed by atoms with Crippen LogP contribution in [0.5, 0.6) is 0 Å². The van der Waals surface area contributed by atoms with Gasteiger partial charge >= 0.3 is 16.3 Å². The minimum atomic E-state index is -4.09. The molecule has 0 bridgehead atoms. The molecule has 19 heavy (non-hydrogen) atoms. The highest BCUT2D eigenvalue weighted by molar-refractivity contribution is 7.91. The van der Waals surface area contributed by atoms with Crippen LogP contribution in [-0.2, 0) is 14.9 Å². The van der Waals surface area contributed by atoms with Gasteiger partial charge in [-0.1, -0.05) is 23.2 Å². The van der Waals surface area contributed by atoms with Gasteiger partial charge in [0.05, 0.1) is 17.7 Å². The Morgan fingerprint density at radius 1 is 1.63 bits per heavy atom. The second-order valence-electron chi connectivity index (χ2n) is 2.92. The maximum Gasteiger partial charge on any atom is 0.422 e. The molecule has 3 N–H and O–H groups in total. The normalized spacial score (nSPS) is 10.2. The highest BCUT2D eigenvalue weighted by Gasteiger charge is 2.16. The molecular formula is C9H11N3O5S2. The van der Waals surface area contributed by atoms with Crippen molar-refractivity contribution >= 4 is 32.8 Å². The molecule has 1 amide bonds. The summed E-state index contributed by atoms with van der Waals surface area (Å²) < 4.78 is 31.1. The molecule has 0 aliphatic heterocycles. The van der Waals surface area contributed by atoms with Crippen molar-refractivity contribution in [2.75, 3.05) is 17.9 Å². The largest absolute Gasteiger partial charge is 0.449 e. The molecule has 10 heteroatoms. The number of ether oxygens (including phenoxy) is 1. The van der Waals surface area contributed by atoms with Crippen LogP contribution in [0.2, 0.25) is 0 Å². The number of thiazole rings is 1. The molecule has 0 atom stereocenters. The van der Waals surface area contributed by atoms with E-state index in [0.29, 0.717) is 4.88 Å². The van der Waals surface area contributed by atoms with Crippen molar-refractivity contribution in [2.45, 2.75) is 6.92 Å². The number of nitrogens with one attached hydrogen (secondary N) is 2. The second kappa shape index (κ2) is 6.93. The molecule has 0 spiro atoms. The van der Waals surface area contributed by atoms with Crippen LogP contribution in [0.25, 0.3) is 0 Å². The van der Waals surface area contributed by atoms with Crippen molar-refractivity contribution in [3.05, 3.63) is 11.1 Å². The summed E-state index contributed by atoms with van der Waals surface area (Å²) in [6, 6.07) is 0. The number of nitrogens with zero attached hydrogens (tertiary/aromatic N) is 1. The number of rotatable bonds is 4. The lowest BCUT2D eigenvalue weighted by Crippen LogP contribution is -2.35. The van der Waals surface area contributed by atoms with Crippen LogP contribution in [0.1, 0.15) is 11.8 Å². The maximum atomic E-state index is 11.5. The van der Waals surface area contributed by atoms with E-state index < -0.39 is 16.3 Å². The molecule has 1 heterocycles. The number of carbonyl (C=O) groups is 1. The fourth-order valence-corrected chi connectivity index (χ4v) is 2.57. The Morgan fingerprint density at radius 3 is 3.00 bits per heavy atom. The summed E-state index contributed by atoms with van der Waals surface area (Å²) in [7, 11) is -4.09. The third-order valence-electron chi connectivity index (χ3n) is 1.51. The van der Waals surface area contributed by atoms with Gasteiger partial charge in [-0.15, -0.1) is 0 Å². The topological polar surface area (TPSA) is 118 Å². The Labute approximate surface area is 114 Å². The first-order chi connectivity index (χ1) is 8.96. The highest BCUT2D eigenvalue weighted by Crippen LogP contribution is 2.17. The molecule has 0 fully saturated rings. The van der Waals surface area contributed by atoms with Crippen LogP contribution >= 0.6 is 11.3 Å². The molecule has 1 rings (SSSR count). The van der Waals surface area contributed by atoms with Gasteiger partial charge in [-0.25, -0.2) is 19.2 Å². The molecular weight excluding hydrogens is 294 g/mol. The molecule has 0 saturated carbocycles. The zero-order valence-electron chi connectivity index (χ0n) is 9.84. The Kier molecular flexibility index (Phi) is 5.56. The number of hydrogen-bond donors (Lipinski definition) is 3. The average Bonchev–Trinajstić information content (AvgIpc) is 2.72. The van der Waals surface area contributed by atoms with Gasteiger partial charge in [0.25, 0.3) is 0 Å². The van der Waals surface area contributed by atoms with E-state index in [9.17, 15) is 13.2 Å². The zero-order valence-corrected chi connectivity index (χ0v) is 11.5. The molecule has 0 aliphatic carbocycles. The first-order valence-corrected chi connectivity index (χ1v) is 7.29. The molecule has 8 nitrogen and oxygen atoms in total. The van der Waals surface area contributed by atoms with Crippen molar-refractivity contribution in [3.63, 3.8) is 0 Å². The van der Waals surface area contributed by atoms with E-state index in [1.165, 1.54) is 6.20 Å². The summed E-state index contributed by atoms with van der Waals surface area (Å²) >= 11 is 0.962. The Balaban J connectivity index is 2.68. The van der Waals surface area contributed by atoms with Gasteiger partial charge in [-0.05, 0) is 6.92 Å². The van der Waals surface area contributed by atoms with Crippen LogP contribution < -0.4 is 9.44 Å². The standard InChI is InChI=1S/C9H11N3O5S2/c1-2-17-9(14)12-19(15,16)11-8-10-6-7(18-8)4-3-5-13/h6,13H,2,5H2,1H3,(H,10,11)(H,12,14). The number of aliphatic hydroxyl groups is 1. The Hall–Kier alpha value is -1.83. The first kappa shape index (κ1) is 15.2. The molecule has 0 aliphatic rings. The first-order valence-electron chi connectivity index (χ1n) is 4.99. The van der Waals surface area contributed by atoms with Crippen LogP contribution in [0.3, 0.4) is 0 Å². The Morgan fingerprint density at radius 2 is 2.37 bits per heavy atom. The summed E-state index contributed by atoms with van der Waals surface area (Å²) in [5.74, 6) is 4.97. The lowest BCUT2D eigenvalue weighted by molar-refractivity contribution is 0.159. The number of aromatic nitrogens is 1. The minimum Gasteiger partial charge on any atom is -0.449 e. The number of hydrogen-bond acceptors (Lipinski definition) is 7. The van der Waals surface area contributed by atoms with Gasteiger partial charge in [0.2, 0.25) is 0 Å². The van der Waals surface area contributed by atoms with E-state index in [4.69, 9.17) is 5.11 Å². The number of anilines is 1. The lowest BCUT2D eigenvalue weighted by atomic mass is 10.5. The predicted molar refractivity (Wildman–Crippen MR) is 68.8 cm³/mol. The average molecular weight is 305 g/mol. The van der Waals surface area contributed by atoms with E-state index in [-0.39, 0.29) is 18.3 Å². The van der Waals surface area contributed by atoms with E-state index >= 15 is 0 Å². The third-order valence-corrected chi connectivity index (χ3v) is 3.37.